The van der Waals surface area contributed by atoms with Gasteiger partial charge in [-0.05, 0) is 56.4 Å². The minimum Gasteiger partial charge on any atom is -0.481 e. The summed E-state index contributed by atoms with van der Waals surface area (Å²) in [5.41, 5.74) is 2.35. The van der Waals surface area contributed by atoms with Gasteiger partial charge in [-0.1, -0.05) is 0 Å². The van der Waals surface area contributed by atoms with E-state index in [9.17, 15) is 14.3 Å². The van der Waals surface area contributed by atoms with Crippen molar-refractivity contribution in [2.24, 2.45) is 17.8 Å². The Morgan fingerprint density at radius 3 is 2.77 bits per heavy atom. The maximum Gasteiger partial charge on any atom is 0.308 e. The number of pyridine rings is 1. The first-order chi connectivity index (χ1) is 15.1. The van der Waals surface area contributed by atoms with Crippen LogP contribution in [0.25, 0.3) is 22.4 Å². The van der Waals surface area contributed by atoms with Crippen molar-refractivity contribution >= 4 is 22.8 Å². The van der Waals surface area contributed by atoms with Crippen LogP contribution in [0, 0.1) is 23.6 Å². The minimum absolute atomic E-state index is 0.0196. The van der Waals surface area contributed by atoms with Crippen LogP contribution in [-0.2, 0) is 11.2 Å². The van der Waals surface area contributed by atoms with Gasteiger partial charge < -0.3 is 15.0 Å². The number of carbonyl (C=O) groups is 1. The topological polar surface area (TPSA) is 95.0 Å². The lowest BCUT2D eigenvalue weighted by molar-refractivity contribution is -0.149. The second-order valence-corrected chi connectivity index (χ2v) is 9.12. The minimum atomic E-state index is -0.681. The molecule has 0 amide bonds. The molecule has 4 heterocycles. The molecule has 3 aromatic heterocycles. The van der Waals surface area contributed by atoms with Crippen molar-refractivity contribution in [3.05, 3.63) is 36.0 Å². The van der Waals surface area contributed by atoms with E-state index in [1.165, 1.54) is 12.3 Å². The number of hydrogen-bond acceptors (Lipinski definition) is 5. The molecule has 0 aromatic carbocycles. The lowest BCUT2D eigenvalue weighted by atomic mass is 9.61. The van der Waals surface area contributed by atoms with E-state index >= 15 is 0 Å². The number of rotatable bonds is 3. The molecule has 31 heavy (non-hydrogen) atoms. The summed E-state index contributed by atoms with van der Waals surface area (Å²) in [5, 5.41) is 10.7. The Kier molecular flexibility index (Phi) is 4.23. The van der Waals surface area contributed by atoms with Crippen molar-refractivity contribution in [2.75, 3.05) is 11.4 Å². The SMILES string of the molecule is O=C(O)[C@@H]1C2CCC(CC2)[C@H]1N1CCCc2cnc(-c3c[nH]c4ncc(F)cc34)nc21. The number of aryl methyl sites for hydroxylation is 1. The third-order valence-corrected chi connectivity index (χ3v) is 7.52. The number of hydrogen-bond donors (Lipinski definition) is 2. The molecular formula is C23H24FN5O2. The fourth-order valence-electron chi connectivity index (χ4n) is 6.17. The Labute approximate surface area is 178 Å². The molecule has 160 valence electrons. The van der Waals surface area contributed by atoms with Gasteiger partial charge in [-0.15, -0.1) is 0 Å². The van der Waals surface area contributed by atoms with E-state index in [-0.39, 0.29) is 17.9 Å². The van der Waals surface area contributed by atoms with Gasteiger partial charge in [0.25, 0.3) is 0 Å². The largest absolute Gasteiger partial charge is 0.481 e. The van der Waals surface area contributed by atoms with Crippen LogP contribution in [0.15, 0.2) is 24.7 Å². The van der Waals surface area contributed by atoms with Gasteiger partial charge in [0.05, 0.1) is 12.1 Å². The van der Waals surface area contributed by atoms with Crippen LogP contribution in [0.2, 0.25) is 0 Å². The van der Waals surface area contributed by atoms with E-state index in [0.29, 0.717) is 28.3 Å². The van der Waals surface area contributed by atoms with Crippen LogP contribution in [0.3, 0.4) is 0 Å². The first-order valence-electron chi connectivity index (χ1n) is 11.1. The average Bonchev–Trinajstić information content (AvgIpc) is 3.21. The molecule has 4 aliphatic rings. The maximum atomic E-state index is 13.8. The molecule has 0 radical (unpaired) electrons. The summed E-state index contributed by atoms with van der Waals surface area (Å²) in [6, 6.07) is 1.42. The molecule has 8 heteroatoms. The zero-order valence-corrected chi connectivity index (χ0v) is 17.1. The Hall–Kier alpha value is -3.03. The number of nitrogens with one attached hydrogen (secondary N) is 1. The van der Waals surface area contributed by atoms with Gasteiger partial charge in [-0.2, -0.15) is 0 Å². The molecule has 3 aliphatic carbocycles. The van der Waals surface area contributed by atoms with E-state index in [0.717, 1.165) is 56.5 Å². The number of aliphatic carboxylic acids is 1. The molecule has 7 rings (SSSR count). The third kappa shape index (κ3) is 2.91. The Morgan fingerprint density at radius 1 is 1.16 bits per heavy atom. The van der Waals surface area contributed by atoms with Gasteiger partial charge in [0.15, 0.2) is 5.82 Å². The zero-order chi connectivity index (χ0) is 21.1. The van der Waals surface area contributed by atoms with Crippen molar-refractivity contribution in [2.45, 2.75) is 44.6 Å². The lowest BCUT2D eigenvalue weighted by Gasteiger charge is -2.52. The summed E-state index contributed by atoms with van der Waals surface area (Å²) in [5.74, 6) is 0.567. The molecule has 3 saturated carbocycles. The first-order valence-corrected chi connectivity index (χ1v) is 11.1. The molecule has 7 nitrogen and oxygen atoms in total. The highest BCUT2D eigenvalue weighted by molar-refractivity contribution is 5.91. The zero-order valence-electron chi connectivity index (χ0n) is 17.1. The second-order valence-electron chi connectivity index (χ2n) is 9.12. The number of H-pyrrole nitrogens is 1. The predicted octanol–water partition coefficient (Wildman–Crippen LogP) is 3.80. The van der Waals surface area contributed by atoms with E-state index in [1.54, 1.807) is 6.20 Å². The summed E-state index contributed by atoms with van der Waals surface area (Å²) < 4.78 is 13.8. The Balaban J connectivity index is 1.45. The lowest BCUT2D eigenvalue weighted by Crippen LogP contribution is -2.57. The van der Waals surface area contributed by atoms with Crippen LogP contribution in [-0.4, -0.2) is 43.6 Å². The van der Waals surface area contributed by atoms with Crippen molar-refractivity contribution in [1.82, 2.24) is 19.9 Å². The number of halogens is 1. The highest BCUT2D eigenvalue weighted by atomic mass is 19.1. The van der Waals surface area contributed by atoms with Gasteiger partial charge in [-0.3, -0.25) is 4.79 Å². The maximum absolute atomic E-state index is 13.8. The van der Waals surface area contributed by atoms with Gasteiger partial charge in [0.2, 0.25) is 0 Å². The third-order valence-electron chi connectivity index (χ3n) is 7.52. The normalized spacial score (nSPS) is 27.5. The van der Waals surface area contributed by atoms with Crippen LogP contribution in [0.5, 0.6) is 0 Å². The van der Waals surface area contributed by atoms with E-state index < -0.39 is 11.8 Å². The van der Waals surface area contributed by atoms with E-state index in [1.807, 2.05) is 6.20 Å². The molecule has 3 fully saturated rings. The smallest absolute Gasteiger partial charge is 0.308 e. The molecule has 0 unspecified atom stereocenters. The Bertz CT molecular complexity index is 1170. The number of fused-ring (bicyclic) bond motifs is 5. The van der Waals surface area contributed by atoms with Gasteiger partial charge in [0, 0.05) is 41.5 Å². The Morgan fingerprint density at radius 2 is 1.97 bits per heavy atom. The highest BCUT2D eigenvalue weighted by Crippen LogP contribution is 2.49. The van der Waals surface area contributed by atoms with E-state index in [2.05, 4.69) is 19.9 Å². The summed E-state index contributed by atoms with van der Waals surface area (Å²) in [4.78, 5) is 31.1. The van der Waals surface area contributed by atoms with Gasteiger partial charge >= 0.3 is 5.97 Å². The summed E-state index contributed by atoms with van der Waals surface area (Å²) in [7, 11) is 0. The summed E-state index contributed by atoms with van der Waals surface area (Å²) in [6.07, 6.45) is 10.9. The van der Waals surface area contributed by atoms with Gasteiger partial charge in [-0.25, -0.2) is 19.3 Å². The molecule has 2 N–H and O–H groups in total. The van der Waals surface area contributed by atoms with Crippen molar-refractivity contribution in [3.8, 4) is 11.4 Å². The van der Waals surface area contributed by atoms with Crippen LogP contribution >= 0.6 is 0 Å². The first kappa shape index (κ1) is 18.7. The number of carboxylic acids is 1. The van der Waals surface area contributed by atoms with Crippen LogP contribution in [0.4, 0.5) is 10.2 Å². The van der Waals surface area contributed by atoms with Crippen molar-refractivity contribution < 1.29 is 14.3 Å². The molecule has 3 aromatic rings. The number of anilines is 1. The molecule has 2 atom stereocenters. The quantitative estimate of drug-likeness (QED) is 0.668. The fourth-order valence-corrected chi connectivity index (χ4v) is 6.17. The van der Waals surface area contributed by atoms with Crippen LogP contribution in [0.1, 0.15) is 37.7 Å². The summed E-state index contributed by atoms with van der Waals surface area (Å²) in [6.45, 7) is 0.811. The van der Waals surface area contributed by atoms with Crippen molar-refractivity contribution in [3.63, 3.8) is 0 Å². The van der Waals surface area contributed by atoms with E-state index in [4.69, 9.17) is 4.98 Å². The van der Waals surface area contributed by atoms with Crippen LogP contribution < -0.4 is 4.90 Å². The molecule has 0 spiro atoms. The van der Waals surface area contributed by atoms with Crippen molar-refractivity contribution in [1.29, 1.82) is 0 Å². The number of aromatic amines is 1. The average molecular weight is 421 g/mol. The fraction of sp³-hybridized carbons (Fsp3) is 0.478. The monoisotopic (exact) mass is 421 g/mol. The van der Waals surface area contributed by atoms with Gasteiger partial charge in [0.1, 0.15) is 17.3 Å². The summed E-state index contributed by atoms with van der Waals surface area (Å²) >= 11 is 0. The standard InChI is InChI=1S/C23H24FN5O2/c24-15-8-16-17(11-27-20(16)26-10-15)21-25-9-14-2-1-7-29(22(14)28-21)19-13-5-3-12(4-6-13)18(19)23(30)31/h8-13,18-19H,1-7H2,(H,26,27)(H,30,31)/t12?,13?,18-,19-/m1/s1. The second kappa shape index (κ2) is 7.00. The predicted molar refractivity (Wildman–Crippen MR) is 113 cm³/mol. The highest BCUT2D eigenvalue weighted by Gasteiger charge is 2.50. The number of carboxylic acid groups (broad SMARTS) is 1. The molecular weight excluding hydrogens is 397 g/mol. The molecule has 0 saturated heterocycles. The molecule has 1 aliphatic heterocycles. The molecule has 2 bridgehead atoms. The number of nitrogens with zero attached hydrogens (tertiary/aromatic N) is 4. The number of aromatic nitrogens is 4.